The molecule has 0 saturated carbocycles. The molecule has 0 fully saturated rings. The smallest absolute Gasteiger partial charge is 0.211 e. The van der Waals surface area contributed by atoms with E-state index in [0.717, 1.165) is 11.3 Å². The van der Waals surface area contributed by atoms with Crippen molar-refractivity contribution in [1.29, 1.82) is 0 Å². The lowest BCUT2D eigenvalue weighted by Crippen LogP contribution is -2.04. The van der Waals surface area contributed by atoms with E-state index in [1.54, 1.807) is 6.20 Å². The lowest BCUT2D eigenvalue weighted by atomic mass is 10.2. The Labute approximate surface area is 82.6 Å². The highest BCUT2D eigenvalue weighted by Crippen LogP contribution is 2.21. The molecule has 3 heteroatoms. The number of rotatable bonds is 2. The van der Waals surface area contributed by atoms with Crippen LogP contribution in [-0.4, -0.2) is 4.98 Å². The molecule has 72 valence electrons. The summed E-state index contributed by atoms with van der Waals surface area (Å²) in [6.07, 6.45) is 1.70. The van der Waals surface area contributed by atoms with Gasteiger partial charge in [-0.15, -0.1) is 0 Å². The molecule has 1 aromatic heterocycles. The first-order valence-electron chi connectivity index (χ1n) is 4.54. The van der Waals surface area contributed by atoms with Crippen LogP contribution in [0.5, 0.6) is 0 Å². The first-order valence-corrected chi connectivity index (χ1v) is 4.54. The van der Waals surface area contributed by atoms with Crippen LogP contribution in [0.3, 0.4) is 0 Å². The van der Waals surface area contributed by atoms with E-state index in [1.807, 2.05) is 37.3 Å². The molecule has 3 nitrogen and oxygen atoms in total. The molecule has 1 heterocycles. The van der Waals surface area contributed by atoms with E-state index in [2.05, 4.69) is 4.98 Å². The van der Waals surface area contributed by atoms with Crippen LogP contribution in [-0.2, 0) is 0 Å². The molecule has 1 aromatic carbocycles. The fraction of sp³-hybridized carbons (Fsp3) is 0.182. The van der Waals surface area contributed by atoms with Gasteiger partial charge in [-0.25, -0.2) is 4.98 Å². The second-order valence-electron chi connectivity index (χ2n) is 3.22. The zero-order chi connectivity index (χ0) is 9.97. The van der Waals surface area contributed by atoms with Gasteiger partial charge >= 0.3 is 0 Å². The molecule has 0 aliphatic heterocycles. The highest BCUT2D eigenvalue weighted by atomic mass is 16.4. The van der Waals surface area contributed by atoms with Gasteiger partial charge in [-0.3, -0.25) is 0 Å². The summed E-state index contributed by atoms with van der Waals surface area (Å²) in [6.45, 7) is 1.85. The van der Waals surface area contributed by atoms with Crippen molar-refractivity contribution < 1.29 is 4.42 Å². The maximum atomic E-state index is 5.65. The molecule has 0 saturated heterocycles. The van der Waals surface area contributed by atoms with Gasteiger partial charge in [0.1, 0.15) is 0 Å². The molecule has 0 radical (unpaired) electrons. The first-order chi connectivity index (χ1) is 6.77. The summed E-state index contributed by atoms with van der Waals surface area (Å²) in [4.78, 5) is 4.10. The zero-order valence-electron chi connectivity index (χ0n) is 7.97. The number of aromatic nitrogens is 1. The molecule has 0 amide bonds. The van der Waals surface area contributed by atoms with Gasteiger partial charge in [-0.1, -0.05) is 30.3 Å². The maximum Gasteiger partial charge on any atom is 0.211 e. The summed E-state index contributed by atoms with van der Waals surface area (Å²) >= 11 is 0. The second-order valence-corrected chi connectivity index (χ2v) is 3.22. The Bertz CT molecular complexity index is 406. The van der Waals surface area contributed by atoms with Gasteiger partial charge in [-0.05, 0) is 6.92 Å². The monoisotopic (exact) mass is 188 g/mol. The van der Waals surface area contributed by atoms with Gasteiger partial charge in [0.25, 0.3) is 0 Å². The maximum absolute atomic E-state index is 5.65. The number of nitrogens with two attached hydrogens (primary N) is 1. The molecular formula is C11H12N2O. The normalized spacial score (nSPS) is 12.7. The predicted molar refractivity (Wildman–Crippen MR) is 54.5 cm³/mol. The van der Waals surface area contributed by atoms with Crippen LogP contribution >= 0.6 is 0 Å². The third-order valence-corrected chi connectivity index (χ3v) is 1.97. The lowest BCUT2D eigenvalue weighted by molar-refractivity contribution is 0.473. The van der Waals surface area contributed by atoms with Gasteiger partial charge in [0.2, 0.25) is 5.89 Å². The van der Waals surface area contributed by atoms with Crippen LogP contribution in [0.2, 0.25) is 0 Å². The van der Waals surface area contributed by atoms with Gasteiger partial charge in [0, 0.05) is 5.56 Å². The Morgan fingerprint density at radius 1 is 1.29 bits per heavy atom. The van der Waals surface area contributed by atoms with E-state index < -0.39 is 0 Å². The quantitative estimate of drug-likeness (QED) is 0.787. The van der Waals surface area contributed by atoms with E-state index in [9.17, 15) is 0 Å². The third kappa shape index (κ3) is 1.67. The van der Waals surface area contributed by atoms with Crippen molar-refractivity contribution in [2.24, 2.45) is 5.73 Å². The Balaban J connectivity index is 2.34. The summed E-state index contributed by atoms with van der Waals surface area (Å²) in [6, 6.07) is 9.68. The fourth-order valence-electron chi connectivity index (χ4n) is 1.23. The van der Waals surface area contributed by atoms with Crippen LogP contribution in [0.25, 0.3) is 11.3 Å². The van der Waals surface area contributed by atoms with Crippen molar-refractivity contribution in [1.82, 2.24) is 4.98 Å². The zero-order valence-corrected chi connectivity index (χ0v) is 7.97. The average Bonchev–Trinajstić information content (AvgIpc) is 2.68. The van der Waals surface area contributed by atoms with Crippen LogP contribution in [0, 0.1) is 0 Å². The summed E-state index contributed by atoms with van der Waals surface area (Å²) in [5, 5.41) is 0. The van der Waals surface area contributed by atoms with Gasteiger partial charge in [0.15, 0.2) is 5.76 Å². The number of hydrogen-bond donors (Lipinski definition) is 1. The summed E-state index contributed by atoms with van der Waals surface area (Å²) < 4.78 is 5.50. The Kier molecular flexibility index (Phi) is 2.33. The number of nitrogens with zero attached hydrogens (tertiary/aromatic N) is 1. The van der Waals surface area contributed by atoms with E-state index in [4.69, 9.17) is 10.2 Å². The predicted octanol–water partition coefficient (Wildman–Crippen LogP) is 2.36. The molecule has 2 N–H and O–H groups in total. The van der Waals surface area contributed by atoms with Crippen LogP contribution in [0.4, 0.5) is 0 Å². The van der Waals surface area contributed by atoms with Crippen LogP contribution in [0.15, 0.2) is 40.9 Å². The van der Waals surface area contributed by atoms with E-state index in [1.165, 1.54) is 0 Å². The van der Waals surface area contributed by atoms with Crippen molar-refractivity contribution in [3.05, 3.63) is 42.4 Å². The molecule has 1 atom stereocenters. The Hall–Kier alpha value is -1.61. The van der Waals surface area contributed by atoms with Crippen molar-refractivity contribution in [3.63, 3.8) is 0 Å². The van der Waals surface area contributed by atoms with Crippen molar-refractivity contribution in [2.45, 2.75) is 13.0 Å². The van der Waals surface area contributed by atoms with Crippen LogP contribution in [0.1, 0.15) is 18.9 Å². The van der Waals surface area contributed by atoms with E-state index >= 15 is 0 Å². The van der Waals surface area contributed by atoms with Gasteiger partial charge in [-0.2, -0.15) is 0 Å². The van der Waals surface area contributed by atoms with Crippen LogP contribution < -0.4 is 5.73 Å². The third-order valence-electron chi connectivity index (χ3n) is 1.97. The first kappa shape index (κ1) is 8.97. The van der Waals surface area contributed by atoms with E-state index in [0.29, 0.717) is 5.89 Å². The number of oxazole rings is 1. The standard InChI is InChI=1S/C11H12N2O/c1-8(12)11-13-7-10(14-11)9-5-3-2-4-6-9/h2-8H,12H2,1H3/t8-/m0/s1. The molecule has 0 aliphatic rings. The van der Waals surface area contributed by atoms with E-state index in [-0.39, 0.29) is 6.04 Å². The summed E-state index contributed by atoms with van der Waals surface area (Å²) in [7, 11) is 0. The number of hydrogen-bond acceptors (Lipinski definition) is 3. The van der Waals surface area contributed by atoms with Gasteiger partial charge in [0.05, 0.1) is 12.2 Å². The second kappa shape index (κ2) is 3.64. The van der Waals surface area contributed by atoms with Gasteiger partial charge < -0.3 is 10.2 Å². The molecule has 0 aliphatic carbocycles. The van der Waals surface area contributed by atoms with Crippen molar-refractivity contribution in [3.8, 4) is 11.3 Å². The average molecular weight is 188 g/mol. The minimum Gasteiger partial charge on any atom is -0.439 e. The molecule has 2 aromatic rings. The largest absolute Gasteiger partial charge is 0.439 e. The highest BCUT2D eigenvalue weighted by molar-refractivity contribution is 5.55. The molecular weight excluding hydrogens is 176 g/mol. The molecule has 14 heavy (non-hydrogen) atoms. The number of benzene rings is 1. The lowest BCUT2D eigenvalue weighted by Gasteiger charge is -1.97. The fourth-order valence-corrected chi connectivity index (χ4v) is 1.23. The minimum absolute atomic E-state index is 0.160. The highest BCUT2D eigenvalue weighted by Gasteiger charge is 2.08. The summed E-state index contributed by atoms with van der Waals surface area (Å²) in [5.74, 6) is 1.33. The Morgan fingerprint density at radius 2 is 2.00 bits per heavy atom. The summed E-state index contributed by atoms with van der Waals surface area (Å²) in [5.41, 5.74) is 6.67. The van der Waals surface area contributed by atoms with Crippen molar-refractivity contribution in [2.75, 3.05) is 0 Å². The minimum atomic E-state index is -0.160. The molecule has 0 bridgehead atoms. The molecule has 0 spiro atoms. The SMILES string of the molecule is C[C@H](N)c1ncc(-c2ccccc2)o1. The molecule has 2 rings (SSSR count). The topological polar surface area (TPSA) is 52.0 Å². The Morgan fingerprint density at radius 3 is 2.57 bits per heavy atom. The van der Waals surface area contributed by atoms with Crippen molar-refractivity contribution >= 4 is 0 Å². The molecule has 0 unspecified atom stereocenters.